The summed E-state index contributed by atoms with van der Waals surface area (Å²) in [4.78, 5) is 0. The van der Waals surface area contributed by atoms with Crippen molar-refractivity contribution in [3.8, 4) is 5.75 Å². The van der Waals surface area contributed by atoms with Crippen LogP contribution in [0, 0.1) is 12.8 Å². The van der Waals surface area contributed by atoms with Crippen molar-refractivity contribution in [2.45, 2.75) is 19.8 Å². The standard InChI is InChI=1S/C13H18BrNO/c1-9-12(14)6-11(7-13(9)16-2)5-10-3-4-15-8-10/h6-7,10,15H,3-5,8H2,1-2H3. The molecule has 1 N–H and O–H groups in total. The summed E-state index contributed by atoms with van der Waals surface area (Å²) in [6, 6.07) is 4.38. The molecule has 0 bridgehead atoms. The van der Waals surface area contributed by atoms with E-state index in [1.165, 1.54) is 17.5 Å². The van der Waals surface area contributed by atoms with Crippen molar-refractivity contribution in [3.05, 3.63) is 27.7 Å². The third-order valence-electron chi connectivity index (χ3n) is 3.26. The van der Waals surface area contributed by atoms with Gasteiger partial charge in [-0.15, -0.1) is 0 Å². The molecule has 1 aromatic rings. The molecular weight excluding hydrogens is 266 g/mol. The first-order chi connectivity index (χ1) is 7.70. The molecule has 0 aliphatic carbocycles. The molecule has 1 heterocycles. The van der Waals surface area contributed by atoms with Gasteiger partial charge in [0.2, 0.25) is 0 Å². The molecule has 1 aromatic carbocycles. The molecule has 1 atom stereocenters. The second kappa shape index (κ2) is 5.19. The highest BCUT2D eigenvalue weighted by molar-refractivity contribution is 9.10. The van der Waals surface area contributed by atoms with Crippen LogP contribution in [-0.4, -0.2) is 20.2 Å². The van der Waals surface area contributed by atoms with Gasteiger partial charge in [-0.25, -0.2) is 0 Å². The smallest absolute Gasteiger partial charge is 0.123 e. The Balaban J connectivity index is 2.17. The molecule has 0 spiro atoms. The molecule has 2 nitrogen and oxygen atoms in total. The van der Waals surface area contributed by atoms with Crippen molar-refractivity contribution < 1.29 is 4.74 Å². The van der Waals surface area contributed by atoms with Crippen LogP contribution >= 0.6 is 15.9 Å². The Morgan fingerprint density at radius 2 is 2.31 bits per heavy atom. The van der Waals surface area contributed by atoms with Gasteiger partial charge in [0.25, 0.3) is 0 Å². The molecule has 1 saturated heterocycles. The highest BCUT2D eigenvalue weighted by Gasteiger charge is 2.16. The third-order valence-corrected chi connectivity index (χ3v) is 4.09. The van der Waals surface area contributed by atoms with E-state index in [0.717, 1.165) is 35.7 Å². The van der Waals surface area contributed by atoms with Crippen LogP contribution in [0.25, 0.3) is 0 Å². The van der Waals surface area contributed by atoms with E-state index in [9.17, 15) is 0 Å². The number of methoxy groups -OCH3 is 1. The van der Waals surface area contributed by atoms with Gasteiger partial charge in [0.1, 0.15) is 5.75 Å². The molecule has 1 unspecified atom stereocenters. The van der Waals surface area contributed by atoms with Crippen LogP contribution in [0.15, 0.2) is 16.6 Å². The molecule has 16 heavy (non-hydrogen) atoms. The number of benzene rings is 1. The van der Waals surface area contributed by atoms with E-state index in [0.29, 0.717) is 0 Å². The van der Waals surface area contributed by atoms with Crippen molar-refractivity contribution in [3.63, 3.8) is 0 Å². The monoisotopic (exact) mass is 283 g/mol. The number of ether oxygens (including phenoxy) is 1. The first-order valence-electron chi connectivity index (χ1n) is 5.74. The SMILES string of the molecule is COc1cc(CC2CCNC2)cc(Br)c1C. The normalized spacial score (nSPS) is 20.1. The van der Waals surface area contributed by atoms with Gasteiger partial charge in [-0.05, 0) is 56.5 Å². The van der Waals surface area contributed by atoms with Crippen LogP contribution in [0.3, 0.4) is 0 Å². The lowest BCUT2D eigenvalue weighted by atomic mass is 9.97. The Kier molecular flexibility index (Phi) is 3.87. The second-order valence-corrected chi connectivity index (χ2v) is 5.32. The van der Waals surface area contributed by atoms with Gasteiger partial charge in [-0.2, -0.15) is 0 Å². The summed E-state index contributed by atoms with van der Waals surface area (Å²) in [6.07, 6.45) is 2.43. The first-order valence-corrected chi connectivity index (χ1v) is 6.53. The lowest BCUT2D eigenvalue weighted by Gasteiger charge is -2.12. The summed E-state index contributed by atoms with van der Waals surface area (Å²) in [5.41, 5.74) is 2.54. The van der Waals surface area contributed by atoms with E-state index in [4.69, 9.17) is 4.74 Å². The minimum absolute atomic E-state index is 0.777. The minimum Gasteiger partial charge on any atom is -0.496 e. The Hall–Kier alpha value is -0.540. The highest BCUT2D eigenvalue weighted by atomic mass is 79.9. The van der Waals surface area contributed by atoms with Gasteiger partial charge >= 0.3 is 0 Å². The van der Waals surface area contributed by atoms with Crippen molar-refractivity contribution >= 4 is 15.9 Å². The highest BCUT2D eigenvalue weighted by Crippen LogP contribution is 2.29. The van der Waals surface area contributed by atoms with Gasteiger partial charge in [0.05, 0.1) is 7.11 Å². The van der Waals surface area contributed by atoms with Crippen LogP contribution in [0.5, 0.6) is 5.75 Å². The summed E-state index contributed by atoms with van der Waals surface area (Å²) in [5.74, 6) is 1.76. The van der Waals surface area contributed by atoms with E-state index in [1.807, 2.05) is 0 Å². The maximum absolute atomic E-state index is 5.39. The molecule has 0 radical (unpaired) electrons. The van der Waals surface area contributed by atoms with Gasteiger partial charge in [-0.1, -0.05) is 15.9 Å². The van der Waals surface area contributed by atoms with Gasteiger partial charge < -0.3 is 10.1 Å². The summed E-state index contributed by atoms with van der Waals surface area (Å²) < 4.78 is 6.53. The number of hydrogen-bond acceptors (Lipinski definition) is 2. The average Bonchev–Trinajstić information content (AvgIpc) is 2.76. The molecule has 0 amide bonds. The maximum atomic E-state index is 5.39. The minimum atomic E-state index is 0.777. The Morgan fingerprint density at radius 1 is 1.50 bits per heavy atom. The number of halogens is 1. The number of nitrogens with one attached hydrogen (secondary N) is 1. The molecule has 0 aromatic heterocycles. The van der Waals surface area contributed by atoms with E-state index in [1.54, 1.807) is 7.11 Å². The topological polar surface area (TPSA) is 21.3 Å². The fraction of sp³-hybridized carbons (Fsp3) is 0.538. The second-order valence-electron chi connectivity index (χ2n) is 4.47. The first kappa shape index (κ1) is 11.9. The van der Waals surface area contributed by atoms with Gasteiger partial charge in [0, 0.05) is 10.0 Å². The zero-order valence-corrected chi connectivity index (χ0v) is 11.4. The fourth-order valence-corrected chi connectivity index (χ4v) is 2.75. The quantitative estimate of drug-likeness (QED) is 0.921. The molecule has 1 fully saturated rings. The predicted molar refractivity (Wildman–Crippen MR) is 70.1 cm³/mol. The Labute approximate surface area is 106 Å². The van der Waals surface area contributed by atoms with Crippen molar-refractivity contribution in [2.24, 2.45) is 5.92 Å². The molecule has 1 aliphatic heterocycles. The molecule has 0 saturated carbocycles. The average molecular weight is 284 g/mol. The summed E-state index contributed by atoms with van der Waals surface area (Å²) >= 11 is 3.59. The lowest BCUT2D eigenvalue weighted by molar-refractivity contribution is 0.410. The van der Waals surface area contributed by atoms with E-state index in [2.05, 4.69) is 40.3 Å². The number of rotatable bonds is 3. The third kappa shape index (κ3) is 2.58. The van der Waals surface area contributed by atoms with E-state index >= 15 is 0 Å². The molecule has 3 heteroatoms. The number of hydrogen-bond donors (Lipinski definition) is 1. The van der Waals surface area contributed by atoms with Crippen LogP contribution in [0.1, 0.15) is 17.5 Å². The Bertz CT molecular complexity index is 372. The van der Waals surface area contributed by atoms with Crippen LogP contribution in [0.2, 0.25) is 0 Å². The lowest BCUT2D eigenvalue weighted by Crippen LogP contribution is -2.10. The molecule has 1 aliphatic rings. The Morgan fingerprint density at radius 3 is 2.94 bits per heavy atom. The maximum Gasteiger partial charge on any atom is 0.123 e. The van der Waals surface area contributed by atoms with Crippen molar-refractivity contribution in [1.82, 2.24) is 5.32 Å². The zero-order chi connectivity index (χ0) is 11.5. The molecular formula is C13H18BrNO. The molecule has 88 valence electrons. The summed E-state index contributed by atoms with van der Waals surface area (Å²) in [6.45, 7) is 4.38. The molecule has 2 rings (SSSR count). The van der Waals surface area contributed by atoms with E-state index < -0.39 is 0 Å². The van der Waals surface area contributed by atoms with Gasteiger partial charge in [-0.3, -0.25) is 0 Å². The largest absolute Gasteiger partial charge is 0.496 e. The van der Waals surface area contributed by atoms with Crippen LogP contribution in [-0.2, 0) is 6.42 Å². The predicted octanol–water partition coefficient (Wildman–Crippen LogP) is 2.92. The van der Waals surface area contributed by atoms with Crippen LogP contribution < -0.4 is 10.1 Å². The van der Waals surface area contributed by atoms with Crippen molar-refractivity contribution in [1.29, 1.82) is 0 Å². The van der Waals surface area contributed by atoms with Gasteiger partial charge in [0.15, 0.2) is 0 Å². The summed E-state index contributed by atoms with van der Waals surface area (Å²) in [7, 11) is 1.73. The van der Waals surface area contributed by atoms with E-state index in [-0.39, 0.29) is 0 Å². The summed E-state index contributed by atoms with van der Waals surface area (Å²) in [5, 5.41) is 3.40. The van der Waals surface area contributed by atoms with Crippen molar-refractivity contribution in [2.75, 3.05) is 20.2 Å². The zero-order valence-electron chi connectivity index (χ0n) is 9.85. The van der Waals surface area contributed by atoms with Crippen LogP contribution in [0.4, 0.5) is 0 Å². The fourth-order valence-electron chi connectivity index (χ4n) is 2.26.